The van der Waals surface area contributed by atoms with Gasteiger partial charge in [0.25, 0.3) is 5.91 Å². The van der Waals surface area contributed by atoms with Crippen LogP contribution in [0.25, 0.3) is 11.5 Å². The Labute approximate surface area is 177 Å². The van der Waals surface area contributed by atoms with E-state index in [1.54, 1.807) is 22.9 Å². The van der Waals surface area contributed by atoms with Gasteiger partial charge in [0.2, 0.25) is 0 Å². The van der Waals surface area contributed by atoms with Gasteiger partial charge in [-0.1, -0.05) is 41.9 Å². The molecule has 6 nitrogen and oxygen atoms in total. The smallest absolute Gasteiger partial charge is 0.256 e. The Morgan fingerprint density at radius 3 is 2.72 bits per heavy atom. The van der Waals surface area contributed by atoms with Crippen molar-refractivity contribution in [1.29, 1.82) is 0 Å². The highest BCUT2D eigenvalue weighted by Gasteiger charge is 2.20. The van der Waals surface area contributed by atoms with E-state index in [0.717, 1.165) is 16.3 Å². The molecule has 0 fully saturated rings. The summed E-state index contributed by atoms with van der Waals surface area (Å²) < 4.78 is 7.43. The monoisotopic (exact) mass is 426 g/mol. The summed E-state index contributed by atoms with van der Waals surface area (Å²) in [5, 5.41) is 10.5. The van der Waals surface area contributed by atoms with Crippen molar-refractivity contribution in [2.24, 2.45) is 0 Å². The SMILES string of the molecule is Cc1nc(-c2ccc(CNC(=O)c3c(C)nn(Cc4ccccc4)c3Cl)o2)cs1. The van der Waals surface area contributed by atoms with Gasteiger partial charge in [-0.15, -0.1) is 11.3 Å². The fraction of sp³-hybridized carbons (Fsp3) is 0.190. The number of carbonyl (C=O) groups excluding carboxylic acids is 1. The first-order chi connectivity index (χ1) is 14.0. The molecule has 8 heteroatoms. The Morgan fingerprint density at radius 2 is 2.00 bits per heavy atom. The molecule has 0 saturated heterocycles. The van der Waals surface area contributed by atoms with Crippen LogP contribution in [0, 0.1) is 13.8 Å². The summed E-state index contributed by atoms with van der Waals surface area (Å²) in [6.45, 7) is 4.48. The van der Waals surface area contributed by atoms with Gasteiger partial charge in [0, 0.05) is 5.38 Å². The first kappa shape index (κ1) is 19.4. The van der Waals surface area contributed by atoms with Crippen LogP contribution in [-0.2, 0) is 13.1 Å². The summed E-state index contributed by atoms with van der Waals surface area (Å²) in [6, 6.07) is 13.5. The number of halogens is 1. The van der Waals surface area contributed by atoms with Gasteiger partial charge in [-0.3, -0.25) is 4.79 Å². The van der Waals surface area contributed by atoms with Crippen molar-refractivity contribution >= 4 is 28.8 Å². The average Bonchev–Trinajstić information content (AvgIpc) is 3.41. The third-order valence-electron chi connectivity index (χ3n) is 4.42. The molecule has 1 amide bonds. The maximum absolute atomic E-state index is 12.7. The molecule has 148 valence electrons. The molecule has 0 aliphatic heterocycles. The van der Waals surface area contributed by atoms with Crippen molar-refractivity contribution in [2.45, 2.75) is 26.9 Å². The quantitative estimate of drug-likeness (QED) is 0.478. The molecule has 1 N–H and O–H groups in total. The average molecular weight is 427 g/mol. The second-order valence-corrected chi connectivity index (χ2v) is 8.02. The number of furan rings is 1. The van der Waals surface area contributed by atoms with Gasteiger partial charge in [-0.25, -0.2) is 9.67 Å². The highest BCUT2D eigenvalue weighted by atomic mass is 35.5. The third kappa shape index (κ3) is 4.26. The molecule has 0 radical (unpaired) electrons. The molecule has 1 aromatic carbocycles. The number of nitrogens with zero attached hydrogens (tertiary/aromatic N) is 3. The van der Waals surface area contributed by atoms with E-state index >= 15 is 0 Å². The van der Waals surface area contributed by atoms with Crippen LogP contribution < -0.4 is 5.32 Å². The van der Waals surface area contributed by atoms with Gasteiger partial charge in [0.05, 0.1) is 29.4 Å². The Bertz CT molecular complexity index is 1150. The van der Waals surface area contributed by atoms with Gasteiger partial charge >= 0.3 is 0 Å². The number of hydrogen-bond donors (Lipinski definition) is 1. The van der Waals surface area contributed by atoms with Crippen molar-refractivity contribution in [3.05, 3.63) is 80.6 Å². The third-order valence-corrected chi connectivity index (χ3v) is 5.58. The molecule has 0 aliphatic carbocycles. The lowest BCUT2D eigenvalue weighted by Crippen LogP contribution is -2.23. The van der Waals surface area contributed by atoms with Crippen LogP contribution in [0.4, 0.5) is 0 Å². The number of thiazole rings is 1. The molecule has 0 unspecified atom stereocenters. The predicted octanol–water partition coefficient (Wildman–Crippen LogP) is 4.85. The normalized spacial score (nSPS) is 11.0. The van der Waals surface area contributed by atoms with Gasteiger partial charge in [-0.05, 0) is 31.5 Å². The van der Waals surface area contributed by atoms with Gasteiger partial charge in [0.1, 0.15) is 16.6 Å². The van der Waals surface area contributed by atoms with E-state index in [9.17, 15) is 4.79 Å². The van der Waals surface area contributed by atoms with Gasteiger partial charge in [0.15, 0.2) is 5.76 Å². The summed E-state index contributed by atoms with van der Waals surface area (Å²) in [4.78, 5) is 17.1. The van der Waals surface area contributed by atoms with Crippen LogP contribution in [0.1, 0.15) is 32.4 Å². The molecule has 0 bridgehead atoms. The van der Waals surface area contributed by atoms with Crippen LogP contribution in [0.3, 0.4) is 0 Å². The van der Waals surface area contributed by atoms with Crippen LogP contribution in [0.15, 0.2) is 52.3 Å². The first-order valence-corrected chi connectivity index (χ1v) is 10.3. The number of rotatable bonds is 6. The number of carbonyl (C=O) groups is 1. The predicted molar refractivity (Wildman–Crippen MR) is 113 cm³/mol. The first-order valence-electron chi connectivity index (χ1n) is 9.07. The highest BCUT2D eigenvalue weighted by Crippen LogP contribution is 2.24. The zero-order valence-corrected chi connectivity index (χ0v) is 17.5. The van der Waals surface area contributed by atoms with E-state index in [-0.39, 0.29) is 12.5 Å². The van der Waals surface area contributed by atoms with E-state index in [0.29, 0.717) is 34.5 Å². The molecule has 3 heterocycles. The lowest BCUT2D eigenvalue weighted by Gasteiger charge is -2.05. The molecular formula is C21H19ClN4O2S. The minimum Gasteiger partial charge on any atom is -0.458 e. The van der Waals surface area contributed by atoms with Crippen molar-refractivity contribution < 1.29 is 9.21 Å². The second kappa shape index (κ2) is 8.23. The summed E-state index contributed by atoms with van der Waals surface area (Å²) in [5.41, 5.74) is 2.82. The minimum absolute atomic E-state index is 0.252. The van der Waals surface area contributed by atoms with Crippen LogP contribution in [0.2, 0.25) is 5.15 Å². The number of hydrogen-bond acceptors (Lipinski definition) is 5. The summed E-state index contributed by atoms with van der Waals surface area (Å²) in [6.07, 6.45) is 0. The Hall–Kier alpha value is -2.90. The number of benzene rings is 1. The lowest BCUT2D eigenvalue weighted by molar-refractivity contribution is 0.0947. The van der Waals surface area contributed by atoms with Crippen molar-refractivity contribution in [3.63, 3.8) is 0 Å². The second-order valence-electron chi connectivity index (χ2n) is 6.59. The molecular weight excluding hydrogens is 408 g/mol. The largest absolute Gasteiger partial charge is 0.458 e. The molecule has 0 spiro atoms. The molecule has 0 aliphatic rings. The molecule has 29 heavy (non-hydrogen) atoms. The van der Waals surface area contributed by atoms with Crippen molar-refractivity contribution in [2.75, 3.05) is 0 Å². The van der Waals surface area contributed by atoms with E-state index in [2.05, 4.69) is 15.4 Å². The van der Waals surface area contributed by atoms with Crippen LogP contribution in [0.5, 0.6) is 0 Å². The summed E-state index contributed by atoms with van der Waals surface area (Å²) >= 11 is 8.02. The highest BCUT2D eigenvalue weighted by molar-refractivity contribution is 7.09. The molecule has 4 aromatic rings. The molecule has 4 rings (SSSR count). The number of nitrogens with one attached hydrogen (secondary N) is 1. The zero-order chi connectivity index (χ0) is 20.4. The fourth-order valence-corrected chi connectivity index (χ4v) is 3.94. The topological polar surface area (TPSA) is 73.0 Å². The summed E-state index contributed by atoms with van der Waals surface area (Å²) in [5.74, 6) is 1.04. The van der Waals surface area contributed by atoms with E-state index in [1.165, 1.54) is 0 Å². The molecule has 0 saturated carbocycles. The fourth-order valence-electron chi connectivity index (χ4n) is 3.02. The standard InChI is InChI=1S/C21H19ClN4O2S/c1-13-19(20(22)26(25-13)11-15-6-4-3-5-7-15)21(27)23-10-16-8-9-18(28-16)17-12-29-14(2)24-17/h3-9,12H,10-11H2,1-2H3,(H,23,27). The van der Waals surface area contributed by atoms with E-state index < -0.39 is 0 Å². The molecule has 3 aromatic heterocycles. The van der Waals surface area contributed by atoms with E-state index in [1.807, 2.05) is 54.8 Å². The van der Waals surface area contributed by atoms with Crippen LogP contribution >= 0.6 is 22.9 Å². The Balaban J connectivity index is 1.44. The molecule has 0 atom stereocenters. The number of aryl methyl sites for hydroxylation is 2. The van der Waals surface area contributed by atoms with Crippen molar-refractivity contribution in [3.8, 4) is 11.5 Å². The zero-order valence-electron chi connectivity index (χ0n) is 16.0. The lowest BCUT2D eigenvalue weighted by atomic mass is 10.2. The van der Waals surface area contributed by atoms with E-state index in [4.69, 9.17) is 16.0 Å². The maximum atomic E-state index is 12.7. The van der Waals surface area contributed by atoms with Crippen molar-refractivity contribution in [1.82, 2.24) is 20.1 Å². The minimum atomic E-state index is -0.283. The van der Waals surface area contributed by atoms with Gasteiger partial charge in [-0.2, -0.15) is 5.10 Å². The Morgan fingerprint density at radius 1 is 1.21 bits per heavy atom. The van der Waals surface area contributed by atoms with Crippen LogP contribution in [-0.4, -0.2) is 20.7 Å². The van der Waals surface area contributed by atoms with Gasteiger partial charge < -0.3 is 9.73 Å². The number of aromatic nitrogens is 3. The maximum Gasteiger partial charge on any atom is 0.256 e. The summed E-state index contributed by atoms with van der Waals surface area (Å²) in [7, 11) is 0. The Kier molecular flexibility index (Phi) is 5.51. The number of amides is 1.